The van der Waals surface area contributed by atoms with Crippen molar-refractivity contribution in [1.29, 1.82) is 0 Å². The van der Waals surface area contributed by atoms with Crippen molar-refractivity contribution in [3.63, 3.8) is 0 Å². The van der Waals surface area contributed by atoms with E-state index < -0.39 is 5.63 Å². The van der Waals surface area contributed by atoms with Crippen LogP contribution in [0.2, 0.25) is 0 Å². The van der Waals surface area contributed by atoms with E-state index in [0.717, 1.165) is 10.9 Å². The van der Waals surface area contributed by atoms with E-state index in [2.05, 4.69) is 10.3 Å². The second-order valence-electron chi connectivity index (χ2n) is 6.10. The zero-order chi connectivity index (χ0) is 19.5. The van der Waals surface area contributed by atoms with Crippen LogP contribution in [0.4, 0.5) is 5.13 Å². The molecule has 0 atom stereocenters. The van der Waals surface area contributed by atoms with Crippen molar-refractivity contribution >= 4 is 33.3 Å². The van der Waals surface area contributed by atoms with Crippen LogP contribution in [0.3, 0.4) is 0 Å². The summed E-state index contributed by atoms with van der Waals surface area (Å²) in [7, 11) is 1.58. The number of thiazole rings is 1. The minimum atomic E-state index is -0.460. The van der Waals surface area contributed by atoms with Crippen LogP contribution < -0.4 is 15.7 Å². The minimum absolute atomic E-state index is 0.195. The van der Waals surface area contributed by atoms with E-state index in [1.54, 1.807) is 24.6 Å². The number of hydrogen-bond donors (Lipinski definition) is 1. The van der Waals surface area contributed by atoms with Crippen LogP contribution in [0.15, 0.2) is 69.2 Å². The third-order valence-corrected chi connectivity index (χ3v) is 4.92. The zero-order valence-electron chi connectivity index (χ0n) is 15.0. The molecule has 2 aromatic carbocycles. The van der Waals surface area contributed by atoms with Gasteiger partial charge in [0.25, 0.3) is 0 Å². The molecule has 2 heterocycles. The maximum Gasteiger partial charge on any atom is 0.345 e. The summed E-state index contributed by atoms with van der Waals surface area (Å²) in [6.07, 6.45) is 0.199. The number of aromatic nitrogens is 1. The third-order valence-electron chi connectivity index (χ3n) is 4.17. The van der Waals surface area contributed by atoms with Gasteiger partial charge in [0, 0.05) is 10.8 Å². The van der Waals surface area contributed by atoms with Crippen LogP contribution in [0.1, 0.15) is 5.56 Å². The lowest BCUT2D eigenvalue weighted by Gasteiger charge is -2.04. The number of nitrogens with zero attached hydrogens (tertiary/aromatic N) is 1. The Bertz CT molecular complexity index is 1210. The topological polar surface area (TPSA) is 81.4 Å². The molecule has 28 heavy (non-hydrogen) atoms. The van der Waals surface area contributed by atoms with E-state index in [-0.39, 0.29) is 12.3 Å². The summed E-state index contributed by atoms with van der Waals surface area (Å²) < 4.78 is 10.5. The third kappa shape index (κ3) is 3.79. The first-order valence-electron chi connectivity index (χ1n) is 8.54. The Kier molecular flexibility index (Phi) is 4.90. The van der Waals surface area contributed by atoms with Crippen molar-refractivity contribution in [3.8, 4) is 17.0 Å². The summed E-state index contributed by atoms with van der Waals surface area (Å²) in [5.74, 6) is 0.504. The molecule has 1 N–H and O–H groups in total. The molecule has 0 spiro atoms. The van der Waals surface area contributed by atoms with Crippen molar-refractivity contribution in [1.82, 2.24) is 4.98 Å². The van der Waals surface area contributed by atoms with Gasteiger partial charge in [-0.25, -0.2) is 9.78 Å². The number of benzene rings is 2. The van der Waals surface area contributed by atoms with Gasteiger partial charge in [-0.1, -0.05) is 30.3 Å². The Balaban J connectivity index is 1.52. The van der Waals surface area contributed by atoms with E-state index in [1.165, 1.54) is 11.3 Å². The van der Waals surface area contributed by atoms with Crippen molar-refractivity contribution in [2.45, 2.75) is 6.42 Å². The van der Waals surface area contributed by atoms with E-state index in [4.69, 9.17) is 9.15 Å². The molecule has 4 rings (SSSR count). The molecule has 1 amide bonds. The molecule has 0 aliphatic carbocycles. The summed E-state index contributed by atoms with van der Waals surface area (Å²) in [4.78, 5) is 28.9. The number of anilines is 1. The fourth-order valence-corrected chi connectivity index (χ4v) is 3.55. The van der Waals surface area contributed by atoms with E-state index in [9.17, 15) is 9.59 Å². The maximum absolute atomic E-state index is 12.3. The standard InChI is InChI=1S/C21H16N2O4S/c1-26-15-7-4-5-13(9-15)10-19(24)23-21-22-17(12-28-21)16-11-14-6-2-3-8-18(14)27-20(16)25/h2-9,11-12H,10H2,1H3,(H,22,23,24). The van der Waals surface area contributed by atoms with Gasteiger partial charge in [0.1, 0.15) is 11.3 Å². The fourth-order valence-electron chi connectivity index (χ4n) is 2.83. The molecular formula is C21H16N2O4S. The Morgan fingerprint density at radius 1 is 1.18 bits per heavy atom. The lowest BCUT2D eigenvalue weighted by Crippen LogP contribution is -2.14. The smallest absolute Gasteiger partial charge is 0.345 e. The highest BCUT2D eigenvalue weighted by Crippen LogP contribution is 2.25. The average Bonchev–Trinajstić information content (AvgIpc) is 3.15. The monoisotopic (exact) mass is 392 g/mol. The highest BCUT2D eigenvalue weighted by atomic mass is 32.1. The largest absolute Gasteiger partial charge is 0.497 e. The molecule has 4 aromatic rings. The normalized spacial score (nSPS) is 10.8. The molecular weight excluding hydrogens is 376 g/mol. The van der Waals surface area contributed by atoms with E-state index in [1.807, 2.05) is 42.5 Å². The molecule has 0 bridgehead atoms. The summed E-state index contributed by atoms with van der Waals surface area (Å²) >= 11 is 1.26. The van der Waals surface area contributed by atoms with Crippen LogP contribution in [0.25, 0.3) is 22.2 Å². The number of rotatable bonds is 5. The number of hydrogen-bond acceptors (Lipinski definition) is 6. The number of carbonyl (C=O) groups excluding carboxylic acids is 1. The Morgan fingerprint density at radius 2 is 2.04 bits per heavy atom. The summed E-state index contributed by atoms with van der Waals surface area (Å²) in [6.45, 7) is 0. The predicted octanol–water partition coefficient (Wildman–Crippen LogP) is 4.11. The van der Waals surface area contributed by atoms with Crippen LogP contribution in [-0.2, 0) is 11.2 Å². The van der Waals surface area contributed by atoms with Gasteiger partial charge >= 0.3 is 5.63 Å². The number of ether oxygens (including phenoxy) is 1. The molecule has 0 saturated heterocycles. The van der Waals surface area contributed by atoms with Gasteiger partial charge in [0.05, 0.1) is 24.8 Å². The van der Waals surface area contributed by atoms with Crippen molar-refractivity contribution < 1.29 is 13.9 Å². The van der Waals surface area contributed by atoms with Crippen LogP contribution >= 0.6 is 11.3 Å². The SMILES string of the molecule is COc1cccc(CC(=O)Nc2nc(-c3cc4ccccc4oc3=O)cs2)c1. The quantitative estimate of drug-likeness (QED) is 0.517. The molecule has 6 nitrogen and oxygen atoms in total. The number of nitrogens with one attached hydrogen (secondary N) is 1. The van der Waals surface area contributed by atoms with Crippen molar-refractivity contribution in [2.24, 2.45) is 0 Å². The first-order chi connectivity index (χ1) is 13.6. The Morgan fingerprint density at radius 3 is 2.89 bits per heavy atom. The summed E-state index contributed by atoms with van der Waals surface area (Å²) in [5, 5.41) is 5.73. The minimum Gasteiger partial charge on any atom is -0.497 e. The molecule has 0 unspecified atom stereocenters. The van der Waals surface area contributed by atoms with Crippen LogP contribution in [-0.4, -0.2) is 18.0 Å². The van der Waals surface area contributed by atoms with Gasteiger partial charge in [0.15, 0.2) is 5.13 Å². The number of fused-ring (bicyclic) bond motifs is 1. The molecule has 0 aliphatic heterocycles. The summed E-state index contributed by atoms with van der Waals surface area (Å²) in [5.41, 5.74) is 1.74. The number of amides is 1. The average molecular weight is 392 g/mol. The lowest BCUT2D eigenvalue weighted by atomic mass is 10.1. The molecule has 2 aromatic heterocycles. The molecule has 0 fully saturated rings. The van der Waals surface area contributed by atoms with Gasteiger partial charge in [-0.3, -0.25) is 4.79 Å². The molecule has 0 aliphatic rings. The van der Waals surface area contributed by atoms with Crippen LogP contribution in [0, 0.1) is 0 Å². The number of carbonyl (C=O) groups is 1. The van der Waals surface area contributed by atoms with E-state index in [0.29, 0.717) is 27.7 Å². The molecule has 140 valence electrons. The van der Waals surface area contributed by atoms with Gasteiger partial charge < -0.3 is 14.5 Å². The number of para-hydroxylation sites is 1. The molecule has 0 radical (unpaired) electrons. The second-order valence-corrected chi connectivity index (χ2v) is 6.96. The number of methoxy groups -OCH3 is 1. The van der Waals surface area contributed by atoms with Gasteiger partial charge in [-0.05, 0) is 29.8 Å². The zero-order valence-corrected chi connectivity index (χ0v) is 15.8. The molecule has 0 saturated carbocycles. The second kappa shape index (κ2) is 7.66. The lowest BCUT2D eigenvalue weighted by molar-refractivity contribution is -0.115. The van der Waals surface area contributed by atoms with Crippen molar-refractivity contribution in [3.05, 3.63) is 76.0 Å². The maximum atomic E-state index is 12.3. The van der Waals surface area contributed by atoms with E-state index >= 15 is 0 Å². The molecule has 7 heteroatoms. The Hall–Kier alpha value is -3.45. The predicted molar refractivity (Wildman–Crippen MR) is 109 cm³/mol. The highest BCUT2D eigenvalue weighted by molar-refractivity contribution is 7.14. The first-order valence-corrected chi connectivity index (χ1v) is 9.42. The summed E-state index contributed by atoms with van der Waals surface area (Å²) in [6, 6.07) is 16.4. The first kappa shape index (κ1) is 17.9. The Labute approximate surface area is 164 Å². The van der Waals surface area contributed by atoms with Crippen molar-refractivity contribution in [2.75, 3.05) is 12.4 Å². The van der Waals surface area contributed by atoms with Gasteiger partial charge in [-0.2, -0.15) is 0 Å². The highest BCUT2D eigenvalue weighted by Gasteiger charge is 2.13. The van der Waals surface area contributed by atoms with Crippen LogP contribution in [0.5, 0.6) is 5.75 Å². The van der Waals surface area contributed by atoms with Gasteiger partial charge in [-0.15, -0.1) is 11.3 Å². The fraction of sp³-hybridized carbons (Fsp3) is 0.0952. The van der Waals surface area contributed by atoms with Gasteiger partial charge in [0.2, 0.25) is 5.91 Å².